The molecular formula is C25H19ClN4O4. The molecule has 4 rings (SSSR count). The topological polar surface area (TPSA) is 125 Å². The number of halogens is 1. The van der Waals surface area contributed by atoms with Crippen LogP contribution in [0.25, 0.3) is 0 Å². The number of unbranched alkanes of at least 4 members (excludes halogenated alkanes) is 1. The summed E-state index contributed by atoms with van der Waals surface area (Å²) in [4.78, 5) is 39.2. The fourth-order valence-corrected chi connectivity index (χ4v) is 4.09. The number of hydrogen-bond acceptors (Lipinski definition) is 7. The van der Waals surface area contributed by atoms with Gasteiger partial charge in [-0.3, -0.25) is 19.0 Å². The van der Waals surface area contributed by atoms with Gasteiger partial charge in [0.1, 0.15) is 11.6 Å². The maximum Gasteiger partial charge on any atom is 0.281 e. The number of carbonyl (C=O) groups is 2. The van der Waals surface area contributed by atoms with Gasteiger partial charge in [0.25, 0.3) is 5.56 Å². The Hall–Kier alpha value is -4.09. The highest BCUT2D eigenvalue weighted by Gasteiger charge is 2.32. The first-order chi connectivity index (χ1) is 16.3. The molecule has 3 aromatic rings. The van der Waals surface area contributed by atoms with Crippen molar-refractivity contribution in [1.29, 1.82) is 5.26 Å². The molecule has 8 nitrogen and oxygen atoms in total. The Morgan fingerprint density at radius 1 is 1.06 bits per heavy atom. The van der Waals surface area contributed by atoms with Gasteiger partial charge in [0, 0.05) is 33.8 Å². The van der Waals surface area contributed by atoms with E-state index in [0.29, 0.717) is 11.4 Å². The van der Waals surface area contributed by atoms with Crippen molar-refractivity contribution in [2.24, 2.45) is 10.2 Å². The van der Waals surface area contributed by atoms with Crippen LogP contribution in [-0.2, 0) is 6.54 Å². The van der Waals surface area contributed by atoms with Gasteiger partial charge in [0.15, 0.2) is 17.3 Å². The third kappa shape index (κ3) is 3.70. The standard InChI is InChI=1S/C25H19ClN4O4/c1-3-4-10-30-24(33)18(12-27)13(2)21(25(30)34)29-28-19-7-5-6-16-20(19)23(32)17-11-14(26)8-9-15(17)22(16)31/h5-9,11,33H,3-4,10H2,1-2H3. The normalized spacial score (nSPS) is 12.5. The Morgan fingerprint density at radius 2 is 1.82 bits per heavy atom. The van der Waals surface area contributed by atoms with Crippen molar-refractivity contribution in [2.75, 3.05) is 0 Å². The molecule has 34 heavy (non-hydrogen) atoms. The number of nitriles is 1. The average Bonchev–Trinajstić information content (AvgIpc) is 2.82. The highest BCUT2D eigenvalue weighted by Crippen LogP contribution is 2.35. The molecule has 0 bridgehead atoms. The zero-order chi connectivity index (χ0) is 24.6. The van der Waals surface area contributed by atoms with E-state index in [0.717, 1.165) is 11.0 Å². The number of carbonyl (C=O) groups excluding carboxylic acids is 2. The third-order valence-electron chi connectivity index (χ3n) is 5.75. The molecule has 0 amide bonds. The van der Waals surface area contributed by atoms with Crippen LogP contribution in [0.4, 0.5) is 11.4 Å². The summed E-state index contributed by atoms with van der Waals surface area (Å²) >= 11 is 6.04. The molecule has 0 atom stereocenters. The van der Waals surface area contributed by atoms with E-state index in [4.69, 9.17) is 11.6 Å². The Labute approximate surface area is 199 Å². The number of benzene rings is 2. The molecule has 1 heterocycles. The second kappa shape index (κ2) is 9.04. The van der Waals surface area contributed by atoms with Gasteiger partial charge in [-0.25, -0.2) is 0 Å². The van der Waals surface area contributed by atoms with Gasteiger partial charge in [-0.2, -0.15) is 5.26 Å². The van der Waals surface area contributed by atoms with E-state index < -0.39 is 17.2 Å². The molecule has 0 fully saturated rings. The summed E-state index contributed by atoms with van der Waals surface area (Å²) in [5.74, 6) is -1.18. The fraction of sp³-hybridized carbons (Fsp3) is 0.200. The Kier molecular flexibility index (Phi) is 6.14. The van der Waals surface area contributed by atoms with E-state index in [-0.39, 0.29) is 57.1 Å². The molecule has 0 aliphatic heterocycles. The maximum absolute atomic E-state index is 13.2. The monoisotopic (exact) mass is 474 g/mol. The minimum atomic E-state index is -0.601. The average molecular weight is 475 g/mol. The quantitative estimate of drug-likeness (QED) is 0.389. The zero-order valence-electron chi connectivity index (χ0n) is 18.4. The van der Waals surface area contributed by atoms with E-state index in [1.54, 1.807) is 12.1 Å². The number of aromatic hydroxyl groups is 1. The van der Waals surface area contributed by atoms with Gasteiger partial charge < -0.3 is 5.11 Å². The molecule has 2 aromatic carbocycles. The lowest BCUT2D eigenvalue weighted by molar-refractivity contribution is 0.0979. The number of nitrogens with zero attached hydrogens (tertiary/aromatic N) is 4. The zero-order valence-corrected chi connectivity index (χ0v) is 19.2. The number of ketones is 2. The van der Waals surface area contributed by atoms with E-state index in [2.05, 4.69) is 10.2 Å². The molecule has 170 valence electrons. The van der Waals surface area contributed by atoms with Crippen LogP contribution in [0.1, 0.15) is 62.7 Å². The highest BCUT2D eigenvalue weighted by atomic mass is 35.5. The van der Waals surface area contributed by atoms with Crippen LogP contribution in [0, 0.1) is 18.3 Å². The first-order valence-electron chi connectivity index (χ1n) is 10.6. The first-order valence-corrected chi connectivity index (χ1v) is 11.0. The summed E-state index contributed by atoms with van der Waals surface area (Å²) in [6.07, 6.45) is 1.39. The summed E-state index contributed by atoms with van der Waals surface area (Å²) in [5.41, 5.74) is 0.139. The molecule has 9 heteroatoms. The molecule has 0 spiro atoms. The molecule has 0 saturated heterocycles. The SMILES string of the molecule is CCCCn1c(O)c(C#N)c(C)c(N=Nc2cccc3c2C(=O)c2cc(Cl)ccc2C3=O)c1=O. The van der Waals surface area contributed by atoms with Crippen molar-refractivity contribution >= 4 is 34.5 Å². The van der Waals surface area contributed by atoms with Crippen molar-refractivity contribution in [3.63, 3.8) is 0 Å². The first kappa shape index (κ1) is 23.1. The molecule has 1 aliphatic carbocycles. The van der Waals surface area contributed by atoms with Crippen molar-refractivity contribution in [3.05, 3.63) is 85.2 Å². The van der Waals surface area contributed by atoms with Gasteiger partial charge in [-0.1, -0.05) is 37.1 Å². The van der Waals surface area contributed by atoms with Crippen LogP contribution in [0.2, 0.25) is 5.02 Å². The summed E-state index contributed by atoms with van der Waals surface area (Å²) < 4.78 is 1.09. The van der Waals surface area contributed by atoms with E-state index >= 15 is 0 Å². The van der Waals surface area contributed by atoms with Crippen LogP contribution >= 0.6 is 11.6 Å². The second-order valence-electron chi connectivity index (χ2n) is 7.84. The van der Waals surface area contributed by atoms with E-state index in [1.807, 2.05) is 13.0 Å². The van der Waals surface area contributed by atoms with Crippen LogP contribution in [0.15, 0.2) is 51.4 Å². The smallest absolute Gasteiger partial charge is 0.281 e. The van der Waals surface area contributed by atoms with E-state index in [1.165, 1.54) is 31.2 Å². The molecule has 1 N–H and O–H groups in total. The predicted octanol–water partition coefficient (Wildman–Crippen LogP) is 5.38. The lowest BCUT2D eigenvalue weighted by Gasteiger charge is -2.18. The van der Waals surface area contributed by atoms with Gasteiger partial charge in [0.05, 0.1) is 11.3 Å². The second-order valence-corrected chi connectivity index (χ2v) is 8.28. The number of fused-ring (bicyclic) bond motifs is 2. The van der Waals surface area contributed by atoms with Gasteiger partial charge in [-0.15, -0.1) is 10.2 Å². The molecule has 1 aliphatic rings. The number of hydrogen-bond donors (Lipinski definition) is 1. The summed E-state index contributed by atoms with van der Waals surface area (Å²) in [7, 11) is 0. The molecule has 1 aromatic heterocycles. The molecule has 0 radical (unpaired) electrons. The largest absolute Gasteiger partial charge is 0.493 e. The lowest BCUT2D eigenvalue weighted by Crippen LogP contribution is -2.22. The minimum Gasteiger partial charge on any atom is -0.493 e. The van der Waals surface area contributed by atoms with Crippen molar-refractivity contribution in [2.45, 2.75) is 33.2 Å². The number of rotatable bonds is 5. The van der Waals surface area contributed by atoms with Crippen LogP contribution in [0.5, 0.6) is 5.88 Å². The molecule has 0 unspecified atom stereocenters. The number of aromatic nitrogens is 1. The third-order valence-corrected chi connectivity index (χ3v) is 5.98. The van der Waals surface area contributed by atoms with Crippen molar-refractivity contribution in [3.8, 4) is 11.9 Å². The predicted molar refractivity (Wildman–Crippen MR) is 126 cm³/mol. The Bertz CT molecular complexity index is 1500. The maximum atomic E-state index is 13.2. The molecule has 0 saturated carbocycles. The summed E-state index contributed by atoms with van der Waals surface area (Å²) in [5, 5.41) is 28.4. The highest BCUT2D eigenvalue weighted by molar-refractivity contribution is 6.34. The number of pyridine rings is 1. The summed E-state index contributed by atoms with van der Waals surface area (Å²) in [6.45, 7) is 3.64. The Balaban J connectivity index is 1.86. The van der Waals surface area contributed by atoms with Crippen LogP contribution in [-0.4, -0.2) is 21.2 Å². The molecular weight excluding hydrogens is 456 g/mol. The number of azo groups is 1. The lowest BCUT2D eigenvalue weighted by atomic mass is 9.83. The van der Waals surface area contributed by atoms with E-state index in [9.17, 15) is 24.8 Å². The van der Waals surface area contributed by atoms with Gasteiger partial charge >= 0.3 is 0 Å². The van der Waals surface area contributed by atoms with Gasteiger partial charge in [-0.05, 0) is 37.6 Å². The van der Waals surface area contributed by atoms with Crippen molar-refractivity contribution in [1.82, 2.24) is 4.57 Å². The Morgan fingerprint density at radius 3 is 2.53 bits per heavy atom. The minimum absolute atomic E-state index is 0.0641. The van der Waals surface area contributed by atoms with Crippen LogP contribution in [0.3, 0.4) is 0 Å². The fourth-order valence-electron chi connectivity index (χ4n) is 3.92. The summed E-state index contributed by atoms with van der Waals surface area (Å²) in [6, 6.07) is 11.0. The van der Waals surface area contributed by atoms with Gasteiger partial charge in [0.2, 0.25) is 5.88 Å². The van der Waals surface area contributed by atoms with Crippen LogP contribution < -0.4 is 5.56 Å². The van der Waals surface area contributed by atoms with Crippen molar-refractivity contribution < 1.29 is 14.7 Å².